The molecule has 3 aliphatic rings. The zero-order valence-electron chi connectivity index (χ0n) is 59.8. The summed E-state index contributed by atoms with van der Waals surface area (Å²) in [5.74, 6) is 9.77. The van der Waals surface area contributed by atoms with Gasteiger partial charge in [-0.15, -0.1) is 12.3 Å². The smallest absolute Gasteiger partial charge is 0.433 e. The third-order valence-electron chi connectivity index (χ3n) is 14.8. The number of imide groups is 2. The molecule has 506 valence electrons. The van der Waals surface area contributed by atoms with Crippen LogP contribution in [-0.2, 0) is 0 Å². The van der Waals surface area contributed by atoms with Gasteiger partial charge < -0.3 is 9.15 Å². The van der Waals surface area contributed by atoms with Crippen LogP contribution in [0.4, 0.5) is 5.88 Å². The highest BCUT2D eigenvalue weighted by Crippen LogP contribution is 2.30. The van der Waals surface area contributed by atoms with E-state index in [2.05, 4.69) is 143 Å². The summed E-state index contributed by atoms with van der Waals surface area (Å²) in [5, 5.41) is 17.7. The Morgan fingerprint density at radius 2 is 1.08 bits per heavy atom. The molecule has 0 atom stereocenters. The summed E-state index contributed by atoms with van der Waals surface area (Å²) >= 11 is 0. The molecule has 0 N–H and O–H groups in total. The van der Waals surface area contributed by atoms with Crippen molar-refractivity contribution in [2.24, 2.45) is 47.3 Å². The first kappa shape index (κ1) is 82.4. The van der Waals surface area contributed by atoms with E-state index < -0.39 is 4.92 Å². The number of rotatable bonds is 16. The van der Waals surface area contributed by atoms with Crippen LogP contribution in [0.5, 0.6) is 5.75 Å². The molecule has 14 nitrogen and oxygen atoms in total. The number of aromatic nitrogens is 2. The van der Waals surface area contributed by atoms with E-state index in [-0.39, 0.29) is 35.4 Å². The average molecular weight is 1270 g/mol. The van der Waals surface area contributed by atoms with Crippen molar-refractivity contribution in [3.8, 4) is 18.1 Å². The average Bonchev–Trinajstić information content (AvgIpc) is 1.79. The molecule has 0 saturated heterocycles. The SMILES string of the molecule is C#CC(C)C.C/C=C/C(C)C.CC(C)C1CCCCC1.CC(C)CCCN1C(=O)c2ccccc2C1=O.CC(C)CCN1C(=O)c2ccccc2C1=O.CC(C)COc1ccccc1.CC(C)c1ccc([N+](=O)[O-])o1.CC(C)c1ccc2nonc2c1.CCC(C)C. The molecule has 4 aromatic carbocycles. The van der Waals surface area contributed by atoms with Gasteiger partial charge in [0.15, 0.2) is 0 Å². The zero-order valence-corrected chi connectivity index (χ0v) is 59.8. The van der Waals surface area contributed by atoms with E-state index in [0.717, 1.165) is 66.3 Å². The van der Waals surface area contributed by atoms with Crippen molar-refractivity contribution >= 4 is 40.5 Å². The van der Waals surface area contributed by atoms with Gasteiger partial charge in [0.05, 0.1) is 34.9 Å². The lowest BCUT2D eigenvalue weighted by molar-refractivity contribution is -0.402. The number of fused-ring (bicyclic) bond motifs is 3. The number of para-hydroxylation sites is 1. The van der Waals surface area contributed by atoms with E-state index in [0.29, 0.717) is 70.7 Å². The number of ether oxygens (including phenoxy) is 1. The molecule has 2 aromatic heterocycles. The van der Waals surface area contributed by atoms with Crippen molar-refractivity contribution in [1.82, 2.24) is 20.1 Å². The summed E-state index contributed by atoms with van der Waals surface area (Å²) in [4.78, 5) is 60.2. The highest BCUT2D eigenvalue weighted by molar-refractivity contribution is 6.22. The van der Waals surface area contributed by atoms with Crippen molar-refractivity contribution in [3.63, 3.8) is 0 Å². The lowest BCUT2D eigenvalue weighted by Gasteiger charge is -2.24. The second kappa shape index (κ2) is 45.6. The van der Waals surface area contributed by atoms with E-state index in [4.69, 9.17) is 15.6 Å². The Hall–Kier alpha value is -7.66. The quantitative estimate of drug-likeness (QED) is 0.0296. The van der Waals surface area contributed by atoms with Crippen LogP contribution in [0.2, 0.25) is 0 Å². The molecule has 0 unspecified atom stereocenters. The molecule has 0 bridgehead atoms. The van der Waals surface area contributed by atoms with E-state index in [9.17, 15) is 29.3 Å². The number of nitrogens with zero attached hydrogens (tertiary/aromatic N) is 5. The minimum Gasteiger partial charge on any atom is -0.493 e. The van der Waals surface area contributed by atoms with E-state index in [1.807, 2.05) is 77.1 Å². The van der Waals surface area contributed by atoms with E-state index in [1.54, 1.807) is 54.6 Å². The Morgan fingerprint density at radius 3 is 1.42 bits per heavy atom. The summed E-state index contributed by atoms with van der Waals surface area (Å²) in [6.07, 6.45) is 20.7. The molecule has 14 heteroatoms. The molecule has 6 aromatic rings. The number of allylic oxidation sites excluding steroid dienone is 2. The second-order valence-electron chi connectivity index (χ2n) is 26.6. The summed E-state index contributed by atoms with van der Waals surface area (Å²) in [7, 11) is 0. The summed E-state index contributed by atoms with van der Waals surface area (Å²) in [6.45, 7) is 44.4. The van der Waals surface area contributed by atoms with Crippen LogP contribution >= 0.6 is 0 Å². The largest absolute Gasteiger partial charge is 0.493 e. The van der Waals surface area contributed by atoms with E-state index in [1.165, 1.54) is 60.0 Å². The van der Waals surface area contributed by atoms with Gasteiger partial charge in [-0.3, -0.25) is 39.1 Å². The Bertz CT molecular complexity index is 3030. The van der Waals surface area contributed by atoms with Crippen molar-refractivity contribution in [2.75, 3.05) is 19.7 Å². The number of benzene rings is 4. The van der Waals surface area contributed by atoms with Gasteiger partial charge in [0.1, 0.15) is 27.5 Å². The highest BCUT2D eigenvalue weighted by atomic mass is 16.6. The number of amides is 4. The molecule has 92 heavy (non-hydrogen) atoms. The van der Waals surface area contributed by atoms with Crippen LogP contribution in [0, 0.1) is 69.8 Å². The number of hydrogen-bond donors (Lipinski definition) is 0. The number of terminal acetylenes is 1. The third-order valence-corrected chi connectivity index (χ3v) is 14.8. The fraction of sp³-hybridized carbons (Fsp3) is 0.538. The standard InChI is InChI=1S/C14H17NO2.C13H15NO2.C10H14O.C9H10N2O.C9H18.C7H9NO3.C6H12.C5H12.C5H8/c1-10(2)6-5-9-15-13(16)11-7-3-4-8-12(11)14(15)17;1-9(2)7-8-14-12(15)10-5-3-4-6-11(10)13(14)16;1-9(2)8-11-10-6-4-3-5-7-10;1-6(2)7-3-4-8-9(5-7)11-12-10-8;1-8(2)9-6-4-3-5-7-9;1-5(2)6-3-4-7(11-6)8(9)10;1-4-5-6(2)3;2*1-4-5(2)3/h3-4,7-8,10H,5-6,9H2,1-2H3;3-6,9H,7-8H2,1-2H3;3-7,9H,8H2,1-2H3;3-6H,1-2H3;8-9H,3-7H2,1-2H3;3-5H,1-2H3;4-6H,1-3H3;5H,4H2,1-3H3;1,5H,2-3H3/b;;;;;;5-4+;;. The molecule has 1 fully saturated rings. The molecule has 1 aliphatic carbocycles. The number of hydrogen-bond acceptors (Lipinski definition) is 11. The normalized spacial score (nSPS) is 13.1. The number of furan rings is 1. The van der Waals surface area contributed by atoms with Crippen LogP contribution in [0.15, 0.2) is 130 Å². The lowest BCUT2D eigenvalue weighted by atomic mass is 9.82. The fourth-order valence-corrected chi connectivity index (χ4v) is 8.80. The van der Waals surface area contributed by atoms with Gasteiger partial charge in [0.25, 0.3) is 23.6 Å². The predicted molar refractivity (Wildman–Crippen MR) is 379 cm³/mol. The van der Waals surface area contributed by atoms with Crippen molar-refractivity contribution < 1.29 is 37.9 Å². The minimum absolute atomic E-state index is 0.144. The Balaban J connectivity index is 0.000000532. The second-order valence-corrected chi connectivity index (χ2v) is 26.6. The number of carbonyl (C=O) groups excluding carboxylic acids is 4. The molecule has 4 amide bonds. The first-order chi connectivity index (χ1) is 43.5. The number of carbonyl (C=O) groups is 4. The summed E-state index contributed by atoms with van der Waals surface area (Å²) in [6, 6.07) is 32.9. The van der Waals surface area contributed by atoms with Gasteiger partial charge in [0, 0.05) is 24.9 Å². The van der Waals surface area contributed by atoms with Crippen LogP contribution in [0.1, 0.15) is 261 Å². The Kier molecular flexibility index (Phi) is 40.8. The van der Waals surface area contributed by atoms with Gasteiger partial charge in [-0.05, 0) is 144 Å². The van der Waals surface area contributed by atoms with Crippen LogP contribution in [0.25, 0.3) is 11.0 Å². The maximum atomic E-state index is 12.0. The predicted octanol–water partition coefficient (Wildman–Crippen LogP) is 21.2. The molecule has 1 saturated carbocycles. The highest BCUT2D eigenvalue weighted by Gasteiger charge is 2.35. The van der Waals surface area contributed by atoms with Crippen molar-refractivity contribution in [2.45, 2.75) is 208 Å². The van der Waals surface area contributed by atoms with Crippen molar-refractivity contribution in [1.29, 1.82) is 0 Å². The number of nitro groups is 1. The lowest BCUT2D eigenvalue weighted by Crippen LogP contribution is -2.31. The van der Waals surface area contributed by atoms with E-state index >= 15 is 0 Å². The first-order valence-electron chi connectivity index (χ1n) is 33.6. The zero-order chi connectivity index (χ0) is 69.5. The molecule has 4 heterocycles. The topological polar surface area (TPSA) is 179 Å². The van der Waals surface area contributed by atoms with Crippen LogP contribution < -0.4 is 4.74 Å². The summed E-state index contributed by atoms with van der Waals surface area (Å²) in [5.41, 5.74) is 5.08. The summed E-state index contributed by atoms with van der Waals surface area (Å²) < 4.78 is 15.0. The van der Waals surface area contributed by atoms with Gasteiger partial charge in [-0.25, -0.2) is 4.63 Å². The fourth-order valence-electron chi connectivity index (χ4n) is 8.80. The third kappa shape index (κ3) is 32.6. The van der Waals surface area contributed by atoms with Crippen LogP contribution in [-0.4, -0.2) is 68.4 Å². The molecular weight excluding hydrogens is 1150 g/mol. The maximum Gasteiger partial charge on any atom is 0.433 e. The first-order valence-corrected chi connectivity index (χ1v) is 33.6. The van der Waals surface area contributed by atoms with Gasteiger partial charge in [-0.1, -0.05) is 231 Å². The maximum absolute atomic E-state index is 12.0. The molecule has 0 spiro atoms. The molecule has 9 rings (SSSR count). The Labute approximate surface area is 554 Å². The minimum atomic E-state index is -0.536. The molecule has 0 radical (unpaired) electrons. The van der Waals surface area contributed by atoms with Crippen LogP contribution in [0.3, 0.4) is 0 Å². The molecular formula is C78H115N5O9. The Morgan fingerprint density at radius 1 is 0.609 bits per heavy atom. The van der Waals surface area contributed by atoms with Gasteiger partial charge in [-0.2, -0.15) is 0 Å². The van der Waals surface area contributed by atoms with Crippen molar-refractivity contribution in [3.05, 3.63) is 165 Å². The molecule has 2 aliphatic heterocycles. The van der Waals surface area contributed by atoms with Gasteiger partial charge in [0.2, 0.25) is 0 Å². The monoisotopic (exact) mass is 1270 g/mol. The van der Waals surface area contributed by atoms with Gasteiger partial charge >= 0.3 is 5.88 Å².